The van der Waals surface area contributed by atoms with Gasteiger partial charge in [-0.05, 0) is 46.3 Å². The highest BCUT2D eigenvalue weighted by Crippen LogP contribution is 2.32. The highest BCUT2D eigenvalue weighted by Gasteiger charge is 2.09. The van der Waals surface area contributed by atoms with Gasteiger partial charge in [0.15, 0.2) is 0 Å². The predicted molar refractivity (Wildman–Crippen MR) is 79.9 cm³/mol. The van der Waals surface area contributed by atoms with Crippen LogP contribution in [-0.2, 0) is 0 Å². The van der Waals surface area contributed by atoms with Crippen LogP contribution in [-0.4, -0.2) is 14.2 Å². The van der Waals surface area contributed by atoms with E-state index in [9.17, 15) is 0 Å². The van der Waals surface area contributed by atoms with Gasteiger partial charge in [-0.3, -0.25) is 0 Å². The van der Waals surface area contributed by atoms with Gasteiger partial charge in [-0.25, -0.2) is 0 Å². The van der Waals surface area contributed by atoms with E-state index >= 15 is 0 Å². The van der Waals surface area contributed by atoms with Crippen LogP contribution < -0.4 is 9.64 Å². The molecule has 0 amide bonds. The highest BCUT2D eigenvalue weighted by atomic mass is 79.9. The standard InChI is InChI=1S/C15H13BrN2O/c1-18(12-4-3-5-13(9-12)19-2)15-7-6-11(10-17)8-14(15)16/h3-9H,1-2H3. The molecule has 0 aliphatic rings. The Balaban J connectivity index is 2.38. The van der Waals surface area contributed by atoms with Crippen LogP contribution in [0.25, 0.3) is 0 Å². The highest BCUT2D eigenvalue weighted by molar-refractivity contribution is 9.10. The summed E-state index contributed by atoms with van der Waals surface area (Å²) < 4.78 is 6.11. The fourth-order valence-corrected chi connectivity index (χ4v) is 2.45. The van der Waals surface area contributed by atoms with E-state index < -0.39 is 0 Å². The molecule has 0 aliphatic carbocycles. The monoisotopic (exact) mass is 316 g/mol. The summed E-state index contributed by atoms with van der Waals surface area (Å²) >= 11 is 3.50. The molecule has 0 heterocycles. The number of rotatable bonds is 3. The second-order valence-electron chi connectivity index (χ2n) is 4.04. The van der Waals surface area contributed by atoms with E-state index in [-0.39, 0.29) is 0 Å². The van der Waals surface area contributed by atoms with Crippen molar-refractivity contribution in [2.75, 3.05) is 19.1 Å². The molecule has 0 unspecified atom stereocenters. The van der Waals surface area contributed by atoms with Crippen molar-refractivity contribution in [2.24, 2.45) is 0 Å². The Bertz CT molecular complexity index is 634. The minimum absolute atomic E-state index is 0.634. The molecule has 19 heavy (non-hydrogen) atoms. The van der Waals surface area contributed by atoms with Crippen molar-refractivity contribution in [1.29, 1.82) is 5.26 Å². The minimum Gasteiger partial charge on any atom is -0.497 e. The van der Waals surface area contributed by atoms with E-state index in [1.165, 1.54) is 0 Å². The summed E-state index contributed by atoms with van der Waals surface area (Å²) in [5, 5.41) is 8.88. The molecule has 0 radical (unpaired) electrons. The lowest BCUT2D eigenvalue weighted by atomic mass is 10.2. The van der Waals surface area contributed by atoms with Crippen molar-refractivity contribution in [3.05, 3.63) is 52.5 Å². The van der Waals surface area contributed by atoms with Crippen molar-refractivity contribution < 1.29 is 4.74 Å². The van der Waals surface area contributed by atoms with E-state index in [2.05, 4.69) is 22.0 Å². The van der Waals surface area contributed by atoms with E-state index in [1.807, 2.05) is 48.3 Å². The maximum Gasteiger partial charge on any atom is 0.120 e. The third-order valence-corrected chi connectivity index (χ3v) is 3.51. The van der Waals surface area contributed by atoms with Crippen molar-refractivity contribution in [3.8, 4) is 11.8 Å². The molecular weight excluding hydrogens is 304 g/mol. The van der Waals surface area contributed by atoms with Crippen LogP contribution in [0.5, 0.6) is 5.75 Å². The Hall–Kier alpha value is -1.99. The molecule has 2 aromatic carbocycles. The molecule has 96 valence electrons. The summed E-state index contributed by atoms with van der Waals surface area (Å²) in [7, 11) is 3.62. The number of nitriles is 1. The summed E-state index contributed by atoms with van der Waals surface area (Å²) in [5.41, 5.74) is 2.65. The van der Waals surface area contributed by atoms with Crippen LogP contribution >= 0.6 is 15.9 Å². The topological polar surface area (TPSA) is 36.3 Å². The Morgan fingerprint density at radius 3 is 2.63 bits per heavy atom. The summed E-state index contributed by atoms with van der Waals surface area (Å²) in [6.07, 6.45) is 0. The first-order valence-electron chi connectivity index (χ1n) is 5.73. The first-order chi connectivity index (χ1) is 9.15. The number of hydrogen-bond acceptors (Lipinski definition) is 3. The molecule has 0 bridgehead atoms. The Labute approximate surface area is 121 Å². The lowest BCUT2D eigenvalue weighted by Gasteiger charge is -2.21. The molecule has 4 heteroatoms. The Kier molecular flexibility index (Phi) is 4.08. The molecule has 0 N–H and O–H groups in total. The third kappa shape index (κ3) is 2.88. The maximum absolute atomic E-state index is 8.88. The second kappa shape index (κ2) is 5.77. The molecule has 0 atom stereocenters. The van der Waals surface area contributed by atoms with Crippen molar-refractivity contribution in [3.63, 3.8) is 0 Å². The summed E-state index contributed by atoms with van der Waals surface area (Å²) in [5.74, 6) is 0.814. The molecule has 0 aliphatic heterocycles. The number of nitrogens with zero attached hydrogens (tertiary/aromatic N) is 2. The molecular formula is C15H13BrN2O. The van der Waals surface area contributed by atoms with Gasteiger partial charge in [-0.1, -0.05) is 6.07 Å². The average Bonchev–Trinajstić information content (AvgIpc) is 2.46. The maximum atomic E-state index is 8.88. The summed E-state index contributed by atoms with van der Waals surface area (Å²) in [6.45, 7) is 0. The number of ether oxygens (including phenoxy) is 1. The van der Waals surface area contributed by atoms with Crippen LogP contribution in [0.15, 0.2) is 46.9 Å². The van der Waals surface area contributed by atoms with Gasteiger partial charge in [-0.2, -0.15) is 5.26 Å². The molecule has 0 saturated heterocycles. The van der Waals surface area contributed by atoms with Crippen LogP contribution in [0.3, 0.4) is 0 Å². The summed E-state index contributed by atoms with van der Waals surface area (Å²) in [4.78, 5) is 2.04. The van der Waals surface area contributed by atoms with Crippen LogP contribution in [0, 0.1) is 11.3 Å². The lowest BCUT2D eigenvalue weighted by molar-refractivity contribution is 0.415. The van der Waals surface area contributed by atoms with Gasteiger partial charge in [0.25, 0.3) is 0 Å². The second-order valence-corrected chi connectivity index (χ2v) is 4.89. The Morgan fingerprint density at radius 2 is 2.00 bits per heavy atom. The lowest BCUT2D eigenvalue weighted by Crippen LogP contribution is -2.10. The molecule has 0 saturated carbocycles. The van der Waals surface area contributed by atoms with Gasteiger partial charge in [0.2, 0.25) is 0 Å². The zero-order chi connectivity index (χ0) is 13.8. The average molecular weight is 317 g/mol. The number of halogens is 1. The molecule has 0 aromatic heterocycles. The largest absolute Gasteiger partial charge is 0.497 e. The first kappa shape index (κ1) is 13.4. The normalized spacial score (nSPS) is 9.79. The van der Waals surface area contributed by atoms with Gasteiger partial charge < -0.3 is 9.64 Å². The van der Waals surface area contributed by atoms with E-state index in [0.717, 1.165) is 21.6 Å². The zero-order valence-corrected chi connectivity index (χ0v) is 12.3. The van der Waals surface area contributed by atoms with Gasteiger partial charge in [0.05, 0.1) is 24.4 Å². The van der Waals surface area contributed by atoms with E-state index in [1.54, 1.807) is 13.2 Å². The fraction of sp³-hybridized carbons (Fsp3) is 0.133. The van der Waals surface area contributed by atoms with Gasteiger partial charge in [0.1, 0.15) is 5.75 Å². The molecule has 3 nitrogen and oxygen atoms in total. The van der Waals surface area contributed by atoms with Gasteiger partial charge >= 0.3 is 0 Å². The third-order valence-electron chi connectivity index (χ3n) is 2.88. The van der Waals surface area contributed by atoms with Crippen LogP contribution in [0.4, 0.5) is 11.4 Å². The van der Waals surface area contributed by atoms with Crippen LogP contribution in [0.2, 0.25) is 0 Å². The number of hydrogen-bond donors (Lipinski definition) is 0. The van der Waals surface area contributed by atoms with Crippen LogP contribution in [0.1, 0.15) is 5.56 Å². The first-order valence-corrected chi connectivity index (χ1v) is 6.52. The van der Waals surface area contributed by atoms with E-state index in [0.29, 0.717) is 5.56 Å². The van der Waals surface area contributed by atoms with Gasteiger partial charge in [-0.15, -0.1) is 0 Å². The molecule has 2 aromatic rings. The molecule has 2 rings (SSSR count). The van der Waals surface area contributed by atoms with Gasteiger partial charge in [0, 0.05) is 23.3 Å². The number of benzene rings is 2. The van der Waals surface area contributed by atoms with Crippen molar-refractivity contribution in [1.82, 2.24) is 0 Å². The minimum atomic E-state index is 0.634. The number of anilines is 2. The van der Waals surface area contributed by atoms with Crippen molar-refractivity contribution in [2.45, 2.75) is 0 Å². The molecule has 0 spiro atoms. The predicted octanol–water partition coefficient (Wildman–Crippen LogP) is 4.10. The van der Waals surface area contributed by atoms with E-state index in [4.69, 9.17) is 10.00 Å². The number of methoxy groups -OCH3 is 1. The quantitative estimate of drug-likeness (QED) is 0.855. The van der Waals surface area contributed by atoms with Crippen molar-refractivity contribution >= 4 is 27.3 Å². The SMILES string of the molecule is COc1cccc(N(C)c2ccc(C#N)cc2Br)c1. The Morgan fingerprint density at radius 1 is 1.21 bits per heavy atom. The smallest absolute Gasteiger partial charge is 0.120 e. The fourth-order valence-electron chi connectivity index (χ4n) is 1.81. The summed E-state index contributed by atoms with van der Waals surface area (Å²) in [6, 6.07) is 15.5. The molecule has 0 fully saturated rings. The zero-order valence-electron chi connectivity index (χ0n) is 10.7.